The molecule has 0 N–H and O–H groups in total. The third kappa shape index (κ3) is 2.22. The first kappa shape index (κ1) is 13.9. The lowest BCUT2D eigenvalue weighted by Gasteiger charge is -2.44. The van der Waals surface area contributed by atoms with Gasteiger partial charge in [0.25, 0.3) is 0 Å². The number of carbonyl (C=O) groups excluding carboxylic acids is 1. The number of rotatable bonds is 5. The Kier molecular flexibility index (Phi) is 4.13. The molecule has 1 aromatic carbocycles. The van der Waals surface area contributed by atoms with E-state index in [9.17, 15) is 4.79 Å². The summed E-state index contributed by atoms with van der Waals surface area (Å²) in [6, 6.07) is 7.94. The summed E-state index contributed by atoms with van der Waals surface area (Å²) in [5, 5.41) is 0. The van der Waals surface area contributed by atoms with Crippen molar-refractivity contribution in [2.45, 2.75) is 38.5 Å². The summed E-state index contributed by atoms with van der Waals surface area (Å²) in [4.78, 5) is 14.8. The van der Waals surface area contributed by atoms with Gasteiger partial charge in [-0.1, -0.05) is 24.6 Å². The van der Waals surface area contributed by atoms with Gasteiger partial charge in [-0.3, -0.25) is 4.79 Å². The highest BCUT2D eigenvalue weighted by Gasteiger charge is 2.48. The van der Waals surface area contributed by atoms with Crippen LogP contribution >= 0.6 is 0 Å². The molecule has 104 valence electrons. The SMILES string of the molecule is CCN(CC)C(=O)C1(c2ccccc2OC)CCC1. The molecule has 1 amide bonds. The van der Waals surface area contributed by atoms with Crippen LogP contribution in [0, 0.1) is 0 Å². The average molecular weight is 261 g/mol. The number of hydrogen-bond acceptors (Lipinski definition) is 2. The lowest BCUT2D eigenvalue weighted by atomic mass is 9.63. The van der Waals surface area contributed by atoms with E-state index in [0.29, 0.717) is 0 Å². The highest BCUT2D eigenvalue weighted by Crippen LogP contribution is 2.48. The highest BCUT2D eigenvalue weighted by molar-refractivity contribution is 5.90. The molecule has 0 radical (unpaired) electrons. The zero-order valence-electron chi connectivity index (χ0n) is 12.1. The Balaban J connectivity index is 2.40. The van der Waals surface area contributed by atoms with Crippen molar-refractivity contribution in [3.8, 4) is 5.75 Å². The van der Waals surface area contributed by atoms with Crippen molar-refractivity contribution < 1.29 is 9.53 Å². The molecule has 0 aromatic heterocycles. The third-order valence-corrected chi connectivity index (χ3v) is 4.29. The van der Waals surface area contributed by atoms with Gasteiger partial charge >= 0.3 is 0 Å². The Morgan fingerprint density at radius 2 is 1.89 bits per heavy atom. The first-order valence-electron chi connectivity index (χ1n) is 7.12. The molecule has 0 heterocycles. The van der Waals surface area contributed by atoms with Crippen molar-refractivity contribution in [3.05, 3.63) is 29.8 Å². The van der Waals surface area contributed by atoms with Crippen molar-refractivity contribution >= 4 is 5.91 Å². The lowest BCUT2D eigenvalue weighted by Crippen LogP contribution is -2.51. The maximum Gasteiger partial charge on any atom is 0.233 e. The van der Waals surface area contributed by atoms with Crippen LogP contribution in [0.25, 0.3) is 0 Å². The fourth-order valence-corrected chi connectivity index (χ4v) is 2.98. The summed E-state index contributed by atoms with van der Waals surface area (Å²) >= 11 is 0. The third-order valence-electron chi connectivity index (χ3n) is 4.29. The largest absolute Gasteiger partial charge is 0.496 e. The zero-order chi connectivity index (χ0) is 13.9. The number of para-hydroxylation sites is 1. The number of nitrogens with zero attached hydrogens (tertiary/aromatic N) is 1. The van der Waals surface area contributed by atoms with Crippen LogP contribution in [0.5, 0.6) is 5.75 Å². The van der Waals surface area contributed by atoms with Crippen LogP contribution in [0.3, 0.4) is 0 Å². The van der Waals surface area contributed by atoms with Gasteiger partial charge in [0, 0.05) is 18.7 Å². The predicted octanol–water partition coefficient (Wildman–Crippen LogP) is 2.99. The number of hydrogen-bond donors (Lipinski definition) is 0. The number of methoxy groups -OCH3 is 1. The molecule has 0 atom stereocenters. The van der Waals surface area contributed by atoms with Crippen molar-refractivity contribution in [2.24, 2.45) is 0 Å². The van der Waals surface area contributed by atoms with Gasteiger partial charge < -0.3 is 9.64 Å². The average Bonchev–Trinajstić information content (AvgIpc) is 2.39. The Labute approximate surface area is 115 Å². The minimum Gasteiger partial charge on any atom is -0.496 e. The molecule has 19 heavy (non-hydrogen) atoms. The first-order valence-corrected chi connectivity index (χ1v) is 7.12. The van der Waals surface area contributed by atoms with E-state index < -0.39 is 0 Å². The second-order valence-corrected chi connectivity index (χ2v) is 5.11. The van der Waals surface area contributed by atoms with E-state index in [1.54, 1.807) is 7.11 Å². The summed E-state index contributed by atoms with van der Waals surface area (Å²) in [6.07, 6.45) is 2.98. The highest BCUT2D eigenvalue weighted by atomic mass is 16.5. The molecular weight excluding hydrogens is 238 g/mol. The Morgan fingerprint density at radius 1 is 1.26 bits per heavy atom. The van der Waals surface area contributed by atoms with Crippen LogP contribution in [0.2, 0.25) is 0 Å². The molecule has 3 nitrogen and oxygen atoms in total. The molecule has 1 aliphatic carbocycles. The van der Waals surface area contributed by atoms with Gasteiger partial charge in [0.05, 0.1) is 12.5 Å². The monoisotopic (exact) mass is 261 g/mol. The van der Waals surface area contributed by atoms with E-state index in [1.807, 2.05) is 43.0 Å². The Hall–Kier alpha value is -1.51. The fraction of sp³-hybridized carbons (Fsp3) is 0.562. The molecule has 3 heteroatoms. The summed E-state index contributed by atoms with van der Waals surface area (Å²) in [6.45, 7) is 5.62. The topological polar surface area (TPSA) is 29.5 Å². The maximum absolute atomic E-state index is 12.8. The second-order valence-electron chi connectivity index (χ2n) is 5.11. The number of likely N-dealkylation sites (N-methyl/N-ethyl adjacent to an activating group) is 1. The molecule has 2 rings (SSSR count). The molecular formula is C16H23NO2. The minimum atomic E-state index is -0.349. The molecule has 1 aliphatic rings. The Bertz CT molecular complexity index is 448. The van der Waals surface area contributed by atoms with Crippen LogP contribution in [0.15, 0.2) is 24.3 Å². The smallest absolute Gasteiger partial charge is 0.233 e. The Morgan fingerprint density at radius 3 is 2.37 bits per heavy atom. The maximum atomic E-state index is 12.8. The molecule has 0 aliphatic heterocycles. The summed E-state index contributed by atoms with van der Waals surface area (Å²) in [5.74, 6) is 1.09. The van der Waals surface area contributed by atoms with E-state index in [-0.39, 0.29) is 11.3 Å². The zero-order valence-corrected chi connectivity index (χ0v) is 12.1. The van der Waals surface area contributed by atoms with Gasteiger partial charge in [-0.15, -0.1) is 0 Å². The molecule has 0 bridgehead atoms. The van der Waals surface area contributed by atoms with Crippen molar-refractivity contribution in [1.29, 1.82) is 0 Å². The van der Waals surface area contributed by atoms with Crippen LogP contribution in [-0.2, 0) is 10.2 Å². The van der Waals surface area contributed by atoms with Crippen molar-refractivity contribution in [1.82, 2.24) is 4.90 Å². The molecule has 0 saturated heterocycles. The minimum absolute atomic E-state index is 0.258. The lowest BCUT2D eigenvalue weighted by molar-refractivity contribution is -0.140. The van der Waals surface area contributed by atoms with Gasteiger partial charge in [-0.05, 0) is 32.8 Å². The molecule has 0 spiro atoms. The van der Waals surface area contributed by atoms with Crippen LogP contribution in [-0.4, -0.2) is 31.0 Å². The van der Waals surface area contributed by atoms with Crippen molar-refractivity contribution in [2.75, 3.05) is 20.2 Å². The van der Waals surface area contributed by atoms with Gasteiger partial charge in [0.15, 0.2) is 0 Å². The number of amides is 1. The van der Waals surface area contributed by atoms with Gasteiger partial charge in [0.1, 0.15) is 5.75 Å². The predicted molar refractivity (Wildman–Crippen MR) is 76.5 cm³/mol. The van der Waals surface area contributed by atoms with Gasteiger partial charge in [0.2, 0.25) is 5.91 Å². The molecule has 1 saturated carbocycles. The number of carbonyl (C=O) groups is 1. The molecule has 1 aromatic rings. The van der Waals surface area contributed by atoms with Gasteiger partial charge in [-0.25, -0.2) is 0 Å². The van der Waals surface area contributed by atoms with E-state index in [4.69, 9.17) is 4.74 Å². The normalized spacial score (nSPS) is 16.6. The summed E-state index contributed by atoms with van der Waals surface area (Å²) < 4.78 is 5.45. The second kappa shape index (κ2) is 5.64. The van der Waals surface area contributed by atoms with E-state index in [0.717, 1.165) is 43.7 Å². The first-order chi connectivity index (χ1) is 9.19. The number of ether oxygens (including phenoxy) is 1. The van der Waals surface area contributed by atoms with Gasteiger partial charge in [-0.2, -0.15) is 0 Å². The van der Waals surface area contributed by atoms with Crippen LogP contribution < -0.4 is 4.74 Å². The van der Waals surface area contributed by atoms with Crippen molar-refractivity contribution in [3.63, 3.8) is 0 Å². The summed E-state index contributed by atoms with van der Waals surface area (Å²) in [5.41, 5.74) is 0.708. The summed E-state index contributed by atoms with van der Waals surface area (Å²) in [7, 11) is 1.67. The molecule has 1 fully saturated rings. The standard InChI is InChI=1S/C16H23NO2/c1-4-17(5-2)15(18)16(11-8-12-16)13-9-6-7-10-14(13)19-3/h6-7,9-10H,4-5,8,11-12H2,1-3H3. The fourth-order valence-electron chi connectivity index (χ4n) is 2.98. The van der Waals surface area contributed by atoms with E-state index in [2.05, 4.69) is 0 Å². The number of benzene rings is 1. The van der Waals surface area contributed by atoms with E-state index in [1.165, 1.54) is 0 Å². The van der Waals surface area contributed by atoms with Crippen LogP contribution in [0.4, 0.5) is 0 Å². The molecule has 0 unspecified atom stereocenters. The van der Waals surface area contributed by atoms with E-state index >= 15 is 0 Å². The quantitative estimate of drug-likeness (QED) is 0.815. The van der Waals surface area contributed by atoms with Crippen LogP contribution in [0.1, 0.15) is 38.7 Å².